The molecule has 1 heterocycles. The fourth-order valence-corrected chi connectivity index (χ4v) is 2.39. The first kappa shape index (κ1) is 12.7. The quantitative estimate of drug-likeness (QED) is 0.618. The van der Waals surface area contributed by atoms with Crippen molar-refractivity contribution < 1.29 is 14.6 Å². The Hall–Kier alpha value is -1.75. The van der Waals surface area contributed by atoms with E-state index in [0.29, 0.717) is 11.3 Å². The number of carbonyl (C=O) groups is 1. The summed E-state index contributed by atoms with van der Waals surface area (Å²) in [5.41, 5.74) is 7.59. The summed E-state index contributed by atoms with van der Waals surface area (Å²) in [6.07, 6.45) is 2.04. The number of nitrogens with zero attached hydrogens (tertiary/aromatic N) is 1. The Morgan fingerprint density at radius 1 is 1.61 bits per heavy atom. The van der Waals surface area contributed by atoms with Gasteiger partial charge in [0.2, 0.25) is 0 Å². The van der Waals surface area contributed by atoms with E-state index in [2.05, 4.69) is 9.64 Å². The van der Waals surface area contributed by atoms with Crippen LogP contribution in [0.25, 0.3) is 0 Å². The average Bonchev–Trinajstić information content (AvgIpc) is 2.86. The van der Waals surface area contributed by atoms with Gasteiger partial charge in [-0.15, -0.1) is 0 Å². The van der Waals surface area contributed by atoms with E-state index in [9.17, 15) is 9.90 Å². The molecular weight excluding hydrogens is 232 g/mol. The molecule has 1 aliphatic rings. The molecule has 0 saturated carbocycles. The number of nitrogens with two attached hydrogens (primary N) is 1. The Morgan fingerprint density at radius 3 is 3.00 bits per heavy atom. The van der Waals surface area contributed by atoms with E-state index < -0.39 is 5.97 Å². The van der Waals surface area contributed by atoms with Gasteiger partial charge in [0.25, 0.3) is 0 Å². The predicted octanol–water partition coefficient (Wildman–Crippen LogP) is 1.02. The van der Waals surface area contributed by atoms with Crippen LogP contribution < -0.4 is 10.6 Å². The number of carbonyl (C=O) groups excluding carboxylic acids is 1. The standard InChI is InChI=1S/C13H18N2O3/c1-18-13(17)11-5-4-9(7-12(11)14)15-6-2-3-10(15)8-16/h4-5,7,10,16H,2-3,6,8,14H2,1H3. The summed E-state index contributed by atoms with van der Waals surface area (Å²) < 4.78 is 4.65. The van der Waals surface area contributed by atoms with Crippen LogP contribution in [0.4, 0.5) is 11.4 Å². The van der Waals surface area contributed by atoms with E-state index in [0.717, 1.165) is 25.1 Å². The molecule has 0 spiro atoms. The fourth-order valence-electron chi connectivity index (χ4n) is 2.39. The van der Waals surface area contributed by atoms with Crippen LogP contribution in [0.15, 0.2) is 18.2 Å². The third kappa shape index (κ3) is 2.26. The molecule has 18 heavy (non-hydrogen) atoms. The van der Waals surface area contributed by atoms with Crippen LogP contribution in [-0.2, 0) is 4.74 Å². The maximum absolute atomic E-state index is 11.4. The molecule has 1 fully saturated rings. The van der Waals surface area contributed by atoms with Crippen LogP contribution in [0.1, 0.15) is 23.2 Å². The van der Waals surface area contributed by atoms with Gasteiger partial charge < -0.3 is 20.5 Å². The molecule has 0 radical (unpaired) electrons. The van der Waals surface area contributed by atoms with Gasteiger partial charge in [0.1, 0.15) is 0 Å². The lowest BCUT2D eigenvalue weighted by Gasteiger charge is -2.25. The summed E-state index contributed by atoms with van der Waals surface area (Å²) in [5, 5.41) is 9.30. The Morgan fingerprint density at radius 2 is 2.39 bits per heavy atom. The minimum atomic E-state index is -0.431. The summed E-state index contributed by atoms with van der Waals surface area (Å²) in [6, 6.07) is 5.42. The Bertz CT molecular complexity index is 448. The Balaban J connectivity index is 2.26. The summed E-state index contributed by atoms with van der Waals surface area (Å²) in [6.45, 7) is 1.04. The minimum absolute atomic E-state index is 0.138. The topological polar surface area (TPSA) is 75.8 Å². The molecule has 0 aromatic heterocycles. The third-order valence-corrected chi connectivity index (χ3v) is 3.36. The summed E-state index contributed by atoms with van der Waals surface area (Å²) in [4.78, 5) is 13.6. The Kier molecular flexibility index (Phi) is 3.72. The molecule has 1 unspecified atom stereocenters. The molecule has 1 aromatic rings. The monoisotopic (exact) mass is 250 g/mol. The molecule has 1 atom stereocenters. The molecule has 5 nitrogen and oxygen atoms in total. The number of methoxy groups -OCH3 is 1. The van der Waals surface area contributed by atoms with Crippen molar-refractivity contribution in [3.8, 4) is 0 Å². The van der Waals surface area contributed by atoms with Gasteiger partial charge in [-0.1, -0.05) is 0 Å². The van der Waals surface area contributed by atoms with Crippen LogP contribution in [0, 0.1) is 0 Å². The van der Waals surface area contributed by atoms with Crippen LogP contribution >= 0.6 is 0 Å². The average molecular weight is 250 g/mol. The molecule has 1 aliphatic heterocycles. The number of ether oxygens (including phenoxy) is 1. The normalized spacial score (nSPS) is 19.0. The van der Waals surface area contributed by atoms with Gasteiger partial charge in [-0.05, 0) is 31.0 Å². The number of aliphatic hydroxyl groups is 1. The SMILES string of the molecule is COC(=O)c1ccc(N2CCCC2CO)cc1N. The van der Waals surface area contributed by atoms with Crippen molar-refractivity contribution in [1.29, 1.82) is 0 Å². The van der Waals surface area contributed by atoms with Gasteiger partial charge >= 0.3 is 5.97 Å². The van der Waals surface area contributed by atoms with E-state index in [4.69, 9.17) is 5.73 Å². The van der Waals surface area contributed by atoms with Crippen molar-refractivity contribution in [2.24, 2.45) is 0 Å². The number of nitrogen functional groups attached to an aromatic ring is 1. The van der Waals surface area contributed by atoms with Crippen LogP contribution in [0.2, 0.25) is 0 Å². The van der Waals surface area contributed by atoms with Crippen LogP contribution in [-0.4, -0.2) is 37.4 Å². The molecular formula is C13H18N2O3. The summed E-state index contributed by atoms with van der Waals surface area (Å²) >= 11 is 0. The van der Waals surface area contributed by atoms with E-state index >= 15 is 0 Å². The first-order valence-corrected chi connectivity index (χ1v) is 6.02. The lowest BCUT2D eigenvalue weighted by Crippen LogP contribution is -2.32. The van der Waals surface area contributed by atoms with E-state index in [-0.39, 0.29) is 12.6 Å². The van der Waals surface area contributed by atoms with Crippen LogP contribution in [0.5, 0.6) is 0 Å². The van der Waals surface area contributed by atoms with E-state index in [1.54, 1.807) is 12.1 Å². The fraction of sp³-hybridized carbons (Fsp3) is 0.462. The minimum Gasteiger partial charge on any atom is -0.465 e. The van der Waals surface area contributed by atoms with Gasteiger partial charge in [-0.3, -0.25) is 0 Å². The van der Waals surface area contributed by atoms with Crippen molar-refractivity contribution in [3.63, 3.8) is 0 Å². The molecule has 5 heteroatoms. The van der Waals surface area contributed by atoms with Gasteiger partial charge in [-0.2, -0.15) is 0 Å². The number of benzene rings is 1. The second-order valence-corrected chi connectivity index (χ2v) is 4.44. The number of hydrogen-bond donors (Lipinski definition) is 2. The number of anilines is 2. The maximum atomic E-state index is 11.4. The number of rotatable bonds is 3. The first-order valence-electron chi connectivity index (χ1n) is 6.02. The lowest BCUT2D eigenvalue weighted by atomic mass is 10.1. The second-order valence-electron chi connectivity index (χ2n) is 4.44. The van der Waals surface area contributed by atoms with E-state index in [1.807, 2.05) is 6.07 Å². The van der Waals surface area contributed by atoms with E-state index in [1.165, 1.54) is 7.11 Å². The zero-order valence-electron chi connectivity index (χ0n) is 10.4. The highest BCUT2D eigenvalue weighted by molar-refractivity contribution is 5.95. The molecule has 3 N–H and O–H groups in total. The van der Waals surface area contributed by atoms with Gasteiger partial charge in [-0.25, -0.2) is 4.79 Å². The number of hydrogen-bond acceptors (Lipinski definition) is 5. The molecule has 1 aromatic carbocycles. The lowest BCUT2D eigenvalue weighted by molar-refractivity contribution is 0.0602. The zero-order chi connectivity index (χ0) is 13.1. The molecule has 0 amide bonds. The molecule has 2 rings (SSSR count). The predicted molar refractivity (Wildman–Crippen MR) is 69.6 cm³/mol. The van der Waals surface area contributed by atoms with Crippen molar-refractivity contribution >= 4 is 17.3 Å². The van der Waals surface area contributed by atoms with Gasteiger partial charge in [0.15, 0.2) is 0 Å². The number of aliphatic hydroxyl groups excluding tert-OH is 1. The number of esters is 1. The second kappa shape index (κ2) is 5.27. The molecule has 98 valence electrons. The highest BCUT2D eigenvalue weighted by Gasteiger charge is 2.24. The van der Waals surface area contributed by atoms with Crippen molar-refractivity contribution in [3.05, 3.63) is 23.8 Å². The highest BCUT2D eigenvalue weighted by atomic mass is 16.5. The maximum Gasteiger partial charge on any atom is 0.339 e. The van der Waals surface area contributed by atoms with Crippen LogP contribution in [0.3, 0.4) is 0 Å². The summed E-state index contributed by atoms with van der Waals surface area (Å²) in [5.74, 6) is -0.431. The van der Waals surface area contributed by atoms with Gasteiger partial charge in [0, 0.05) is 17.9 Å². The highest BCUT2D eigenvalue weighted by Crippen LogP contribution is 2.28. The molecule has 0 bridgehead atoms. The Labute approximate surface area is 106 Å². The largest absolute Gasteiger partial charge is 0.465 e. The third-order valence-electron chi connectivity index (χ3n) is 3.36. The summed E-state index contributed by atoms with van der Waals surface area (Å²) in [7, 11) is 1.33. The zero-order valence-corrected chi connectivity index (χ0v) is 10.4. The van der Waals surface area contributed by atoms with Crippen molar-refractivity contribution in [1.82, 2.24) is 0 Å². The molecule has 0 aliphatic carbocycles. The van der Waals surface area contributed by atoms with Crippen molar-refractivity contribution in [2.45, 2.75) is 18.9 Å². The molecule has 1 saturated heterocycles. The smallest absolute Gasteiger partial charge is 0.339 e. The van der Waals surface area contributed by atoms with Gasteiger partial charge in [0.05, 0.1) is 25.3 Å². The van der Waals surface area contributed by atoms with Crippen molar-refractivity contribution in [2.75, 3.05) is 30.9 Å². The first-order chi connectivity index (χ1) is 8.67.